The molecule has 7 heteroatoms. The van der Waals surface area contributed by atoms with Crippen LogP contribution in [0.4, 0.5) is 0 Å². The van der Waals surface area contributed by atoms with Crippen LogP contribution < -0.4 is 11.0 Å². The first-order chi connectivity index (χ1) is 5.08. The van der Waals surface area contributed by atoms with Crippen molar-refractivity contribution >= 4 is 13.9 Å². The van der Waals surface area contributed by atoms with Gasteiger partial charge in [-0.25, -0.2) is 16.1 Å². The van der Waals surface area contributed by atoms with Gasteiger partial charge < -0.3 is 0 Å². The van der Waals surface area contributed by atoms with E-state index in [1.54, 1.807) is 6.21 Å². The summed E-state index contributed by atoms with van der Waals surface area (Å²) in [5, 5.41) is 1.26. The van der Waals surface area contributed by atoms with Crippen molar-refractivity contribution in [3.8, 4) is 0 Å². The summed E-state index contributed by atoms with van der Waals surface area (Å²) in [5.74, 6) is 0. The molecule has 0 aliphatic carbocycles. The van der Waals surface area contributed by atoms with Crippen LogP contribution in [0, 0.1) is 0 Å². The van der Waals surface area contributed by atoms with Crippen LogP contribution in [0.25, 0.3) is 0 Å². The fourth-order valence-corrected chi connectivity index (χ4v) is 1.04. The Morgan fingerprint density at radius 2 is 2.36 bits per heavy atom. The van der Waals surface area contributed by atoms with E-state index in [1.807, 2.05) is 0 Å². The second-order valence-electron chi connectivity index (χ2n) is 1.96. The number of aliphatic imine (C=N–C) groups is 1. The summed E-state index contributed by atoms with van der Waals surface area (Å²) < 4.78 is 15.3. The lowest BCUT2D eigenvalue weighted by Gasteiger charge is -2.20. The van der Waals surface area contributed by atoms with Crippen molar-refractivity contribution in [1.29, 1.82) is 0 Å². The topological polar surface area (TPSA) is 93.9 Å². The summed E-state index contributed by atoms with van der Waals surface area (Å²) in [6, 6.07) is 0. The molecule has 6 nitrogen and oxygen atoms in total. The van der Waals surface area contributed by atoms with Crippen LogP contribution in [0.2, 0.25) is 0 Å². The maximum absolute atomic E-state index is 10.7. The van der Waals surface area contributed by atoms with Gasteiger partial charge in [0.25, 0.3) is 0 Å². The second-order valence-corrected chi connectivity index (χ2v) is 3.41. The van der Waals surface area contributed by atoms with Crippen molar-refractivity contribution in [2.75, 3.05) is 6.54 Å². The Kier molecular flexibility index (Phi) is 2.41. The average Bonchev–Trinajstić information content (AvgIpc) is 1.85. The SMILES string of the molecule is NP(N)(=O)ON1C=CN=CC1. The van der Waals surface area contributed by atoms with Gasteiger partial charge in [0.1, 0.15) is 0 Å². The minimum Gasteiger partial charge on any atom is -0.266 e. The van der Waals surface area contributed by atoms with Gasteiger partial charge in [-0.15, -0.1) is 0 Å². The zero-order chi connectivity index (χ0) is 8.32. The average molecular weight is 176 g/mol. The minimum absolute atomic E-state index is 0.398. The molecule has 4 N–H and O–H groups in total. The summed E-state index contributed by atoms with van der Waals surface area (Å²) in [7, 11) is -3.42. The standard InChI is InChI=1S/C4H9N4O2P/c5-11(6,9)10-8-3-1-7-2-4-8/h1-3H,4H2,(H4,5,6,9). The Balaban J connectivity index is 2.46. The van der Waals surface area contributed by atoms with Crippen molar-refractivity contribution in [1.82, 2.24) is 5.06 Å². The fraction of sp³-hybridized carbons (Fsp3) is 0.250. The highest BCUT2D eigenvalue weighted by molar-refractivity contribution is 7.53. The van der Waals surface area contributed by atoms with Gasteiger partial charge in [0.05, 0.1) is 6.54 Å². The van der Waals surface area contributed by atoms with E-state index in [0.29, 0.717) is 6.54 Å². The Labute approximate surface area is 64.0 Å². The molecule has 1 heterocycles. The predicted octanol–water partition coefficient (Wildman–Crippen LogP) is -0.199. The molecule has 0 unspecified atom stereocenters. The first kappa shape index (κ1) is 8.42. The van der Waals surface area contributed by atoms with Gasteiger partial charge in [-0.1, -0.05) is 0 Å². The molecule has 0 atom stereocenters. The summed E-state index contributed by atoms with van der Waals surface area (Å²) >= 11 is 0. The molecule has 0 aromatic rings. The van der Waals surface area contributed by atoms with Crippen molar-refractivity contribution < 1.29 is 9.19 Å². The molecule has 0 amide bonds. The molecule has 0 saturated carbocycles. The highest BCUT2D eigenvalue weighted by Crippen LogP contribution is 2.28. The minimum atomic E-state index is -3.42. The molecule has 11 heavy (non-hydrogen) atoms. The van der Waals surface area contributed by atoms with Crippen LogP contribution in [0.15, 0.2) is 17.4 Å². The fourth-order valence-electron chi connectivity index (χ4n) is 0.587. The Morgan fingerprint density at radius 1 is 1.64 bits per heavy atom. The molecule has 1 rings (SSSR count). The number of hydrogen-bond donors (Lipinski definition) is 2. The van der Waals surface area contributed by atoms with E-state index in [-0.39, 0.29) is 0 Å². The Hall–Kier alpha value is -0.680. The second kappa shape index (κ2) is 3.15. The maximum Gasteiger partial charge on any atom is 0.356 e. The lowest BCUT2D eigenvalue weighted by molar-refractivity contribution is 0.0119. The normalized spacial score (nSPS) is 17.5. The number of hydroxylamine groups is 2. The predicted molar refractivity (Wildman–Crippen MR) is 41.4 cm³/mol. The molecule has 1 aliphatic heterocycles. The Bertz CT molecular complexity index is 232. The molecule has 0 radical (unpaired) electrons. The molecule has 0 spiro atoms. The van der Waals surface area contributed by atoms with E-state index in [2.05, 4.69) is 9.62 Å². The maximum atomic E-state index is 10.7. The lowest BCUT2D eigenvalue weighted by atomic mass is 10.6. The molecule has 0 saturated heterocycles. The summed E-state index contributed by atoms with van der Waals surface area (Å²) in [6.45, 7) is 0.398. The lowest BCUT2D eigenvalue weighted by Crippen LogP contribution is -2.24. The third-order valence-electron chi connectivity index (χ3n) is 0.918. The van der Waals surface area contributed by atoms with E-state index >= 15 is 0 Å². The van der Waals surface area contributed by atoms with Crippen molar-refractivity contribution in [3.05, 3.63) is 12.4 Å². The van der Waals surface area contributed by atoms with Crippen LogP contribution in [-0.4, -0.2) is 17.8 Å². The molecular weight excluding hydrogens is 167 g/mol. The highest BCUT2D eigenvalue weighted by atomic mass is 31.2. The third kappa shape index (κ3) is 3.29. The molecular formula is C4H9N4O2P. The van der Waals surface area contributed by atoms with Crippen LogP contribution >= 0.6 is 7.67 Å². The van der Waals surface area contributed by atoms with Gasteiger partial charge in [0.15, 0.2) is 0 Å². The van der Waals surface area contributed by atoms with E-state index in [9.17, 15) is 4.57 Å². The van der Waals surface area contributed by atoms with E-state index in [0.717, 1.165) is 0 Å². The molecule has 1 aliphatic rings. The first-order valence-corrected chi connectivity index (χ1v) is 4.66. The largest absolute Gasteiger partial charge is 0.356 e. The van der Waals surface area contributed by atoms with Crippen LogP contribution in [0.1, 0.15) is 0 Å². The van der Waals surface area contributed by atoms with Crippen LogP contribution in [-0.2, 0) is 9.19 Å². The van der Waals surface area contributed by atoms with Gasteiger partial charge >= 0.3 is 7.67 Å². The molecule has 0 fully saturated rings. The van der Waals surface area contributed by atoms with Gasteiger partial charge in [-0.2, -0.15) is 4.62 Å². The first-order valence-electron chi connectivity index (χ1n) is 2.90. The summed E-state index contributed by atoms with van der Waals surface area (Å²) in [4.78, 5) is 3.76. The summed E-state index contributed by atoms with van der Waals surface area (Å²) in [6.07, 6.45) is 4.56. The number of hydrogen-bond acceptors (Lipinski definition) is 4. The van der Waals surface area contributed by atoms with Gasteiger partial charge in [0, 0.05) is 18.6 Å². The molecule has 0 bridgehead atoms. The molecule has 0 aromatic heterocycles. The van der Waals surface area contributed by atoms with Gasteiger partial charge in [-0.05, 0) is 0 Å². The van der Waals surface area contributed by atoms with Gasteiger partial charge in [-0.3, -0.25) is 9.56 Å². The highest BCUT2D eigenvalue weighted by Gasteiger charge is 2.13. The molecule has 0 aromatic carbocycles. The monoisotopic (exact) mass is 176 g/mol. The quantitative estimate of drug-likeness (QED) is 0.568. The van der Waals surface area contributed by atoms with Gasteiger partial charge in [0.2, 0.25) is 0 Å². The van der Waals surface area contributed by atoms with Crippen molar-refractivity contribution in [2.45, 2.75) is 0 Å². The van der Waals surface area contributed by atoms with Crippen LogP contribution in [0.5, 0.6) is 0 Å². The molecule has 62 valence electrons. The van der Waals surface area contributed by atoms with Crippen molar-refractivity contribution in [2.24, 2.45) is 16.0 Å². The summed E-state index contributed by atoms with van der Waals surface area (Å²) in [5.41, 5.74) is 9.91. The number of nitrogens with zero attached hydrogens (tertiary/aromatic N) is 2. The van der Waals surface area contributed by atoms with E-state index in [4.69, 9.17) is 11.0 Å². The van der Waals surface area contributed by atoms with E-state index < -0.39 is 7.67 Å². The number of nitrogens with two attached hydrogens (primary N) is 2. The zero-order valence-corrected chi connectivity index (χ0v) is 6.65. The number of rotatable bonds is 2. The third-order valence-corrected chi connectivity index (χ3v) is 1.38. The zero-order valence-electron chi connectivity index (χ0n) is 5.75. The smallest absolute Gasteiger partial charge is 0.266 e. The Morgan fingerprint density at radius 3 is 2.82 bits per heavy atom. The van der Waals surface area contributed by atoms with Crippen LogP contribution in [0.3, 0.4) is 0 Å². The van der Waals surface area contributed by atoms with Crippen molar-refractivity contribution in [3.63, 3.8) is 0 Å². The van der Waals surface area contributed by atoms with E-state index in [1.165, 1.54) is 17.5 Å².